The van der Waals surface area contributed by atoms with Crippen molar-refractivity contribution in [3.05, 3.63) is 0 Å². The van der Waals surface area contributed by atoms with Gasteiger partial charge in [0.2, 0.25) is 0 Å². The molecule has 0 radical (unpaired) electrons. The van der Waals surface area contributed by atoms with Crippen LogP contribution >= 0.6 is 10.3 Å². The molecule has 2 N–H and O–H groups in total. The van der Waals surface area contributed by atoms with Crippen molar-refractivity contribution in [2.24, 2.45) is 0 Å². The second-order valence-electron chi connectivity index (χ2n) is 5.20. The molecule has 0 spiro atoms. The van der Waals surface area contributed by atoms with Gasteiger partial charge < -0.3 is 14.4 Å². The smallest absolute Gasteiger partial charge is 0.0806 e. The summed E-state index contributed by atoms with van der Waals surface area (Å²) in [4.78, 5) is 0. The van der Waals surface area contributed by atoms with E-state index in [4.69, 9.17) is 9.84 Å². The van der Waals surface area contributed by atoms with Crippen LogP contribution in [0.25, 0.3) is 0 Å². The summed E-state index contributed by atoms with van der Waals surface area (Å²) in [5.74, 6) is 0. The average Bonchev–Trinajstić information content (AvgIpc) is 2.52. The third-order valence-electron chi connectivity index (χ3n) is 2.73. The first-order chi connectivity index (χ1) is 6.68. The lowest BCUT2D eigenvalue weighted by Crippen LogP contribution is -2.21. The highest BCUT2D eigenvalue weighted by molar-refractivity contribution is 8.29. The van der Waals surface area contributed by atoms with Crippen molar-refractivity contribution < 1.29 is 14.4 Å². The van der Waals surface area contributed by atoms with E-state index in [1.54, 1.807) is 0 Å². The Labute approximate surface area is 95.4 Å². The Balaban J connectivity index is 0.000000262. The molecular formula is C11H26O3S. The van der Waals surface area contributed by atoms with Crippen molar-refractivity contribution in [1.82, 2.24) is 0 Å². The molecule has 15 heavy (non-hydrogen) atoms. The number of aliphatic hydroxyl groups excluding tert-OH is 1. The molecule has 0 saturated carbocycles. The Morgan fingerprint density at radius 1 is 1.33 bits per heavy atom. The highest BCUT2D eigenvalue weighted by Gasteiger charge is 2.24. The van der Waals surface area contributed by atoms with E-state index in [1.807, 2.05) is 12.5 Å². The van der Waals surface area contributed by atoms with E-state index < -0.39 is 10.3 Å². The maximum atomic E-state index is 9.44. The molecule has 1 aliphatic rings. The standard InChI is InChI=1S/C6H16OS.C5H10O2/c1-6(2,3)8(4,5)7;6-4-5-2-1-3-7-5/h7H,1-5H3;5-6H,1-4H2. The fourth-order valence-corrected chi connectivity index (χ4v) is 0.788. The topological polar surface area (TPSA) is 49.7 Å². The molecule has 1 heterocycles. The molecule has 0 bridgehead atoms. The predicted molar refractivity (Wildman–Crippen MR) is 67.9 cm³/mol. The van der Waals surface area contributed by atoms with Crippen molar-refractivity contribution in [3.63, 3.8) is 0 Å². The average molecular weight is 238 g/mol. The van der Waals surface area contributed by atoms with Gasteiger partial charge in [0.1, 0.15) is 0 Å². The molecule has 3 nitrogen and oxygen atoms in total. The van der Waals surface area contributed by atoms with Crippen LogP contribution in [0.4, 0.5) is 0 Å². The van der Waals surface area contributed by atoms with Gasteiger partial charge in [0.05, 0.1) is 12.7 Å². The highest BCUT2D eigenvalue weighted by Crippen LogP contribution is 2.48. The van der Waals surface area contributed by atoms with E-state index in [1.165, 1.54) is 0 Å². The van der Waals surface area contributed by atoms with Crippen LogP contribution in [-0.2, 0) is 4.74 Å². The van der Waals surface area contributed by atoms with Gasteiger partial charge in [-0.1, -0.05) is 20.8 Å². The predicted octanol–water partition coefficient (Wildman–Crippen LogP) is 2.48. The van der Waals surface area contributed by atoms with E-state index in [0.29, 0.717) is 0 Å². The van der Waals surface area contributed by atoms with Gasteiger partial charge >= 0.3 is 0 Å². The van der Waals surface area contributed by atoms with Gasteiger partial charge in [0, 0.05) is 11.4 Å². The summed E-state index contributed by atoms with van der Waals surface area (Å²) in [6.45, 7) is 7.21. The third-order valence-corrected chi connectivity index (χ3v) is 5.72. The number of ether oxygens (including phenoxy) is 1. The minimum Gasteiger partial charge on any atom is -0.394 e. The van der Waals surface area contributed by atoms with E-state index in [9.17, 15) is 4.55 Å². The second-order valence-corrected chi connectivity index (χ2v) is 8.97. The van der Waals surface area contributed by atoms with Crippen molar-refractivity contribution in [2.75, 3.05) is 25.7 Å². The molecule has 0 aliphatic carbocycles. The molecule has 1 saturated heterocycles. The van der Waals surface area contributed by atoms with Crippen molar-refractivity contribution in [3.8, 4) is 0 Å². The molecule has 0 aromatic rings. The second kappa shape index (κ2) is 6.09. The SMILES string of the molecule is CC(C)(C)S(C)(C)O.OCC1CCCO1. The Morgan fingerprint density at radius 2 is 1.80 bits per heavy atom. The zero-order valence-electron chi connectivity index (χ0n) is 10.6. The van der Waals surface area contributed by atoms with Crippen LogP contribution in [-0.4, -0.2) is 46.2 Å². The molecule has 1 aliphatic heterocycles. The van der Waals surface area contributed by atoms with Crippen LogP contribution < -0.4 is 0 Å². The zero-order valence-corrected chi connectivity index (χ0v) is 11.4. The molecule has 0 aromatic heterocycles. The number of hydrogen-bond acceptors (Lipinski definition) is 3. The summed E-state index contributed by atoms with van der Waals surface area (Å²) in [6.07, 6.45) is 6.13. The maximum Gasteiger partial charge on any atom is 0.0806 e. The lowest BCUT2D eigenvalue weighted by molar-refractivity contribution is 0.0591. The van der Waals surface area contributed by atoms with Gasteiger partial charge in [0.15, 0.2) is 0 Å². The normalized spacial score (nSPS) is 23.3. The fourth-order valence-electron chi connectivity index (χ4n) is 0.788. The molecule has 94 valence electrons. The molecule has 1 fully saturated rings. The summed E-state index contributed by atoms with van der Waals surface area (Å²) in [5, 5.41) is 8.44. The van der Waals surface area contributed by atoms with Crippen molar-refractivity contribution >= 4 is 10.3 Å². The number of rotatable bonds is 1. The van der Waals surface area contributed by atoms with Crippen LogP contribution in [0, 0.1) is 0 Å². The van der Waals surface area contributed by atoms with Crippen LogP contribution in [0.2, 0.25) is 0 Å². The van der Waals surface area contributed by atoms with E-state index in [0.717, 1.165) is 19.4 Å². The summed E-state index contributed by atoms with van der Waals surface area (Å²) >= 11 is 0. The largest absolute Gasteiger partial charge is 0.394 e. The van der Waals surface area contributed by atoms with Gasteiger partial charge in [-0.3, -0.25) is 0 Å². The van der Waals surface area contributed by atoms with Crippen LogP contribution in [0.1, 0.15) is 33.6 Å². The first-order valence-corrected chi connectivity index (χ1v) is 7.77. The Hall–Kier alpha value is 0.230. The molecule has 0 amide bonds. The number of aliphatic hydroxyl groups is 1. The van der Waals surface area contributed by atoms with Gasteiger partial charge in [-0.2, -0.15) is 0 Å². The molecule has 4 heteroatoms. The lowest BCUT2D eigenvalue weighted by Gasteiger charge is -2.38. The minimum atomic E-state index is -1.34. The first kappa shape index (κ1) is 15.2. The molecule has 1 atom stereocenters. The van der Waals surface area contributed by atoms with Gasteiger partial charge in [-0.15, -0.1) is 10.3 Å². The van der Waals surface area contributed by atoms with Crippen molar-refractivity contribution in [1.29, 1.82) is 0 Å². The van der Waals surface area contributed by atoms with Crippen molar-refractivity contribution in [2.45, 2.75) is 44.5 Å². The summed E-state index contributed by atoms with van der Waals surface area (Å²) < 4.78 is 14.6. The Bertz CT molecular complexity index is 152. The van der Waals surface area contributed by atoms with Crippen LogP contribution in [0.5, 0.6) is 0 Å². The van der Waals surface area contributed by atoms with E-state index >= 15 is 0 Å². The number of hydrogen-bond donors (Lipinski definition) is 2. The summed E-state index contributed by atoms with van der Waals surface area (Å²) in [7, 11) is -1.34. The van der Waals surface area contributed by atoms with Gasteiger partial charge in [-0.25, -0.2) is 0 Å². The first-order valence-electron chi connectivity index (χ1n) is 5.36. The molecular weight excluding hydrogens is 212 g/mol. The highest BCUT2D eigenvalue weighted by atomic mass is 32.3. The fraction of sp³-hybridized carbons (Fsp3) is 1.00. The Morgan fingerprint density at radius 3 is 1.93 bits per heavy atom. The van der Waals surface area contributed by atoms with E-state index in [-0.39, 0.29) is 17.5 Å². The lowest BCUT2D eigenvalue weighted by atomic mass is 10.2. The summed E-state index contributed by atoms with van der Waals surface area (Å²) in [6, 6.07) is 0. The molecule has 1 rings (SSSR count). The minimum absolute atomic E-state index is 0.0764. The van der Waals surface area contributed by atoms with Gasteiger partial charge in [0.25, 0.3) is 0 Å². The molecule has 0 aromatic carbocycles. The molecule has 1 unspecified atom stereocenters. The van der Waals surface area contributed by atoms with Gasteiger partial charge in [-0.05, 0) is 25.4 Å². The van der Waals surface area contributed by atoms with Crippen LogP contribution in [0.15, 0.2) is 0 Å². The van der Waals surface area contributed by atoms with Crippen LogP contribution in [0.3, 0.4) is 0 Å². The Kier molecular flexibility index (Phi) is 6.18. The zero-order chi connectivity index (χ0) is 12.1. The summed E-state index contributed by atoms with van der Waals surface area (Å²) in [5.41, 5.74) is 0. The quantitative estimate of drug-likeness (QED) is 0.738. The maximum absolute atomic E-state index is 9.44. The van der Waals surface area contributed by atoms with E-state index in [2.05, 4.69) is 20.8 Å². The monoisotopic (exact) mass is 238 g/mol. The third kappa shape index (κ3) is 6.40.